The van der Waals surface area contributed by atoms with Gasteiger partial charge in [-0.3, -0.25) is 0 Å². The zero-order valence-electron chi connectivity index (χ0n) is 13.7. The van der Waals surface area contributed by atoms with Crippen LogP contribution >= 0.6 is 0 Å². The molecule has 0 radical (unpaired) electrons. The van der Waals surface area contributed by atoms with Crippen LogP contribution in [0.2, 0.25) is 0 Å². The molecule has 0 bridgehead atoms. The molecule has 2 unspecified atom stereocenters. The van der Waals surface area contributed by atoms with Crippen LogP contribution in [0, 0.1) is 6.92 Å². The summed E-state index contributed by atoms with van der Waals surface area (Å²) in [6, 6.07) is 1.24. The number of hydrogen-bond acceptors (Lipinski definition) is 4. The normalized spacial score (nSPS) is 23.2. The van der Waals surface area contributed by atoms with Crippen molar-refractivity contribution in [3.05, 3.63) is 30.0 Å². The fourth-order valence-corrected chi connectivity index (χ4v) is 4.56. The van der Waals surface area contributed by atoms with E-state index < -0.39 is 0 Å². The van der Waals surface area contributed by atoms with E-state index in [-0.39, 0.29) is 6.04 Å². The molecule has 2 atom stereocenters. The predicted octanol–water partition coefficient (Wildman–Crippen LogP) is 1.38. The third-order valence-electron chi connectivity index (χ3n) is 4.57. The van der Waals surface area contributed by atoms with Gasteiger partial charge in [-0.25, -0.2) is 0 Å². The van der Waals surface area contributed by atoms with Crippen LogP contribution in [-0.2, 0) is 0 Å². The van der Waals surface area contributed by atoms with E-state index >= 15 is 0 Å². The van der Waals surface area contributed by atoms with Crippen molar-refractivity contribution in [1.29, 1.82) is 0 Å². The van der Waals surface area contributed by atoms with E-state index in [0.29, 0.717) is 12.1 Å². The Balaban J connectivity index is 1.97. The van der Waals surface area contributed by atoms with Gasteiger partial charge in [0.25, 0.3) is 0 Å². The SMILES string of the molecule is Cc1ncc(C2C=CN=C([AsH2])N2C2CCNCC2)n1C(C)C. The Bertz CT molecular complexity index is 583. The predicted molar refractivity (Wildman–Crippen MR) is 92.9 cm³/mol. The van der Waals surface area contributed by atoms with E-state index in [4.69, 9.17) is 0 Å². The van der Waals surface area contributed by atoms with Crippen molar-refractivity contribution in [3.63, 3.8) is 0 Å². The second kappa shape index (κ2) is 6.59. The van der Waals surface area contributed by atoms with Crippen molar-refractivity contribution in [2.45, 2.75) is 51.7 Å². The van der Waals surface area contributed by atoms with E-state index in [1.165, 1.54) is 23.2 Å². The van der Waals surface area contributed by atoms with Gasteiger partial charge >= 0.3 is 141 Å². The van der Waals surface area contributed by atoms with Crippen LogP contribution in [0.1, 0.15) is 50.3 Å². The summed E-state index contributed by atoms with van der Waals surface area (Å²) in [6.07, 6.45) is 8.60. The van der Waals surface area contributed by atoms with E-state index in [2.05, 4.69) is 51.6 Å². The molecule has 3 rings (SSSR count). The summed E-state index contributed by atoms with van der Waals surface area (Å²) in [5, 5.41) is 3.46. The molecule has 120 valence electrons. The number of amidine groups is 1. The van der Waals surface area contributed by atoms with Gasteiger partial charge in [0.15, 0.2) is 0 Å². The zero-order chi connectivity index (χ0) is 15.7. The van der Waals surface area contributed by atoms with Gasteiger partial charge in [-0.15, -0.1) is 0 Å². The van der Waals surface area contributed by atoms with Crippen LogP contribution in [0.5, 0.6) is 0 Å². The quantitative estimate of drug-likeness (QED) is 0.826. The molecule has 1 aromatic rings. The molecule has 1 N–H and O–H groups in total. The molecule has 6 heteroatoms. The number of nitrogens with one attached hydrogen (secondary N) is 1. The number of imidazole rings is 1. The number of aryl methyl sites for hydroxylation is 1. The minimum absolute atomic E-state index is 0.256. The fourth-order valence-electron chi connectivity index (χ4n) is 3.60. The molecule has 22 heavy (non-hydrogen) atoms. The molecule has 0 aromatic carbocycles. The molecule has 3 heterocycles. The first-order valence-electron chi connectivity index (χ1n) is 8.12. The van der Waals surface area contributed by atoms with Gasteiger partial charge in [0.1, 0.15) is 0 Å². The third-order valence-corrected chi connectivity index (χ3v) is 5.51. The Hall–Kier alpha value is -1.06. The molecule has 1 saturated heterocycles. The molecule has 1 fully saturated rings. The van der Waals surface area contributed by atoms with Crippen molar-refractivity contribution in [2.24, 2.45) is 4.99 Å². The number of hydrogen-bond donors (Lipinski definition) is 1. The van der Waals surface area contributed by atoms with E-state index in [1.54, 1.807) is 16.9 Å². The van der Waals surface area contributed by atoms with E-state index in [1.807, 2.05) is 12.4 Å². The summed E-state index contributed by atoms with van der Waals surface area (Å²) in [7, 11) is 0. The standard InChI is InChI=1S/C16H26AsN5/c1-11(2)21-12(3)20-10-15(21)14-6-9-19-16(17)22(14)13-4-7-18-8-5-13/h6,9-11,13-14,18H,4-5,7-8,17H2,1-3H3. The van der Waals surface area contributed by atoms with Crippen LogP contribution in [0.15, 0.2) is 23.5 Å². The Labute approximate surface area is 141 Å². The summed E-state index contributed by atoms with van der Waals surface area (Å²) in [5.41, 5.74) is 1.28. The van der Waals surface area contributed by atoms with Gasteiger partial charge in [0, 0.05) is 0 Å². The average molecular weight is 363 g/mol. The second-order valence-electron chi connectivity index (χ2n) is 6.36. The van der Waals surface area contributed by atoms with Gasteiger partial charge in [-0.2, -0.15) is 0 Å². The monoisotopic (exact) mass is 363 g/mol. The molecule has 0 amide bonds. The van der Waals surface area contributed by atoms with Gasteiger partial charge < -0.3 is 0 Å². The van der Waals surface area contributed by atoms with Crippen molar-refractivity contribution in [1.82, 2.24) is 19.8 Å². The van der Waals surface area contributed by atoms with Crippen LogP contribution in [0.25, 0.3) is 0 Å². The van der Waals surface area contributed by atoms with Crippen molar-refractivity contribution < 1.29 is 0 Å². The first kappa shape index (κ1) is 15.8. The van der Waals surface area contributed by atoms with Crippen molar-refractivity contribution in [3.8, 4) is 0 Å². The van der Waals surface area contributed by atoms with Crippen molar-refractivity contribution >= 4 is 21.5 Å². The first-order valence-corrected chi connectivity index (χ1v) is 9.33. The molecule has 2 aliphatic rings. The van der Waals surface area contributed by atoms with Crippen LogP contribution < -0.4 is 5.32 Å². The van der Waals surface area contributed by atoms with Gasteiger partial charge in [0.05, 0.1) is 0 Å². The molecule has 1 aromatic heterocycles. The molecular formula is C16H26AsN5. The summed E-state index contributed by atoms with van der Waals surface area (Å²) in [4.78, 5) is 11.7. The summed E-state index contributed by atoms with van der Waals surface area (Å²) < 4.78 is 3.54. The van der Waals surface area contributed by atoms with Crippen LogP contribution in [-0.4, -0.2) is 55.1 Å². The zero-order valence-corrected chi connectivity index (χ0v) is 16.1. The summed E-state index contributed by atoms with van der Waals surface area (Å²) in [6.45, 7) is 8.74. The Morgan fingerprint density at radius 1 is 1.32 bits per heavy atom. The minimum atomic E-state index is 0.256. The number of aliphatic imine (C=N–C) groups is 1. The fraction of sp³-hybridized carbons (Fsp3) is 0.625. The first-order chi connectivity index (χ1) is 10.6. The van der Waals surface area contributed by atoms with E-state index in [9.17, 15) is 0 Å². The molecule has 5 nitrogen and oxygen atoms in total. The van der Waals surface area contributed by atoms with E-state index in [0.717, 1.165) is 18.9 Å². The Morgan fingerprint density at radius 2 is 2.05 bits per heavy atom. The maximum absolute atomic E-state index is 4.58. The molecule has 0 saturated carbocycles. The van der Waals surface area contributed by atoms with Gasteiger partial charge in [-0.1, -0.05) is 0 Å². The Kier molecular flexibility index (Phi) is 4.74. The van der Waals surface area contributed by atoms with Crippen LogP contribution in [0.4, 0.5) is 0 Å². The number of nitrogens with zero attached hydrogens (tertiary/aromatic N) is 4. The van der Waals surface area contributed by atoms with Crippen molar-refractivity contribution in [2.75, 3.05) is 13.1 Å². The summed E-state index contributed by atoms with van der Waals surface area (Å²) in [5.74, 6) is 1.09. The number of rotatable bonds is 3. The molecular weight excluding hydrogens is 337 g/mol. The Morgan fingerprint density at radius 3 is 2.73 bits per heavy atom. The number of piperidine rings is 1. The van der Waals surface area contributed by atoms with Gasteiger partial charge in [-0.05, 0) is 0 Å². The molecule has 0 spiro atoms. The van der Waals surface area contributed by atoms with Gasteiger partial charge in [0.2, 0.25) is 0 Å². The maximum atomic E-state index is 4.58. The second-order valence-corrected chi connectivity index (χ2v) is 7.44. The average Bonchev–Trinajstić information content (AvgIpc) is 2.89. The molecule has 0 aliphatic carbocycles. The summed E-state index contributed by atoms with van der Waals surface area (Å²) >= 11 is 1.61. The number of aromatic nitrogens is 2. The van der Waals surface area contributed by atoms with Crippen LogP contribution in [0.3, 0.4) is 0 Å². The molecule has 2 aliphatic heterocycles. The topological polar surface area (TPSA) is 45.5 Å². The third kappa shape index (κ3) is 2.89.